The Kier molecular flexibility index (Phi) is 2.54. The average molecular weight is 207 g/mol. The molecule has 0 amide bonds. The third-order valence-corrected chi connectivity index (χ3v) is 5.23. The van der Waals surface area contributed by atoms with E-state index in [1.165, 1.54) is 57.9 Å². The molecule has 0 bridgehead atoms. The zero-order valence-electron chi connectivity index (χ0n) is 10.1. The zero-order chi connectivity index (χ0) is 10.3. The molecule has 0 aromatic heterocycles. The summed E-state index contributed by atoms with van der Waals surface area (Å²) >= 11 is 0. The van der Waals surface area contributed by atoms with Gasteiger partial charge in [0.05, 0.1) is 0 Å². The van der Waals surface area contributed by atoms with Gasteiger partial charge in [0.1, 0.15) is 0 Å². The summed E-state index contributed by atoms with van der Waals surface area (Å²) in [5.74, 6) is 2.08. The monoisotopic (exact) mass is 207 g/mol. The smallest absolute Gasteiger partial charge is 0.00699 e. The molecule has 1 N–H and O–H groups in total. The number of hydrogen-bond donors (Lipinski definition) is 1. The number of hydrogen-bond acceptors (Lipinski definition) is 1. The molecule has 0 aliphatic heterocycles. The van der Waals surface area contributed by atoms with E-state index in [0.29, 0.717) is 0 Å². The van der Waals surface area contributed by atoms with Crippen LogP contribution < -0.4 is 5.32 Å². The lowest BCUT2D eigenvalue weighted by Crippen LogP contribution is -2.44. The molecule has 3 aliphatic rings. The van der Waals surface area contributed by atoms with Gasteiger partial charge in [-0.2, -0.15) is 0 Å². The zero-order valence-corrected chi connectivity index (χ0v) is 10.1. The summed E-state index contributed by atoms with van der Waals surface area (Å²) in [6.07, 6.45) is 11.9. The Morgan fingerprint density at radius 3 is 2.40 bits per heavy atom. The summed E-state index contributed by atoms with van der Waals surface area (Å²) in [6, 6.07) is 0.858. The minimum atomic E-state index is 0.770. The van der Waals surface area contributed by atoms with E-state index in [0.717, 1.165) is 23.3 Å². The molecule has 0 aromatic rings. The van der Waals surface area contributed by atoms with Crippen LogP contribution in [0, 0.1) is 17.3 Å². The third kappa shape index (κ3) is 1.95. The molecule has 0 saturated heterocycles. The van der Waals surface area contributed by atoms with Crippen LogP contribution in [0.3, 0.4) is 0 Å². The lowest BCUT2D eigenvalue weighted by molar-refractivity contribution is 0.0946. The predicted octanol–water partition coefficient (Wildman–Crippen LogP) is 3.34. The van der Waals surface area contributed by atoms with Crippen molar-refractivity contribution in [3.05, 3.63) is 0 Å². The van der Waals surface area contributed by atoms with Crippen molar-refractivity contribution in [2.45, 2.75) is 64.3 Å². The molecule has 15 heavy (non-hydrogen) atoms. The first kappa shape index (κ1) is 10.1. The summed E-state index contributed by atoms with van der Waals surface area (Å²) in [5.41, 5.74) is 0.770. The molecule has 3 rings (SSSR count). The van der Waals surface area contributed by atoms with Gasteiger partial charge in [-0.15, -0.1) is 0 Å². The number of rotatable bonds is 4. The third-order valence-electron chi connectivity index (χ3n) is 5.23. The molecule has 3 saturated carbocycles. The molecular formula is C14H25N. The molecule has 3 fully saturated rings. The van der Waals surface area contributed by atoms with Crippen molar-refractivity contribution in [2.24, 2.45) is 17.3 Å². The van der Waals surface area contributed by atoms with E-state index < -0.39 is 0 Å². The highest BCUT2D eigenvalue weighted by Crippen LogP contribution is 2.56. The SMILES string of the molecule is CC1CCC(NCC2(C3CC3)CCC2)C1. The molecule has 86 valence electrons. The Balaban J connectivity index is 1.48. The summed E-state index contributed by atoms with van der Waals surface area (Å²) in [5, 5.41) is 3.88. The maximum Gasteiger partial charge on any atom is 0.00699 e. The Labute approximate surface area is 94.0 Å². The van der Waals surface area contributed by atoms with E-state index in [1.54, 1.807) is 0 Å². The fourth-order valence-corrected chi connectivity index (χ4v) is 3.80. The fraction of sp³-hybridized carbons (Fsp3) is 1.00. The van der Waals surface area contributed by atoms with Gasteiger partial charge < -0.3 is 5.32 Å². The summed E-state index contributed by atoms with van der Waals surface area (Å²) in [4.78, 5) is 0. The summed E-state index contributed by atoms with van der Waals surface area (Å²) in [7, 11) is 0. The molecule has 0 spiro atoms. The van der Waals surface area contributed by atoms with E-state index in [-0.39, 0.29) is 0 Å². The van der Waals surface area contributed by atoms with Crippen LogP contribution in [0.4, 0.5) is 0 Å². The van der Waals surface area contributed by atoms with Crippen molar-refractivity contribution in [1.82, 2.24) is 5.32 Å². The first-order valence-corrected chi connectivity index (χ1v) is 7.02. The van der Waals surface area contributed by atoms with Gasteiger partial charge in [-0.3, -0.25) is 0 Å². The lowest BCUT2D eigenvalue weighted by atomic mass is 9.65. The van der Waals surface area contributed by atoms with Crippen molar-refractivity contribution >= 4 is 0 Å². The van der Waals surface area contributed by atoms with Gasteiger partial charge in [0.25, 0.3) is 0 Å². The second kappa shape index (κ2) is 3.76. The Bertz CT molecular complexity index is 227. The lowest BCUT2D eigenvalue weighted by Gasteiger charge is -2.43. The summed E-state index contributed by atoms with van der Waals surface area (Å²) in [6.45, 7) is 3.75. The van der Waals surface area contributed by atoms with Crippen molar-refractivity contribution in [2.75, 3.05) is 6.54 Å². The van der Waals surface area contributed by atoms with Crippen LogP contribution in [0.1, 0.15) is 58.3 Å². The van der Waals surface area contributed by atoms with Crippen molar-refractivity contribution in [3.63, 3.8) is 0 Å². The fourth-order valence-electron chi connectivity index (χ4n) is 3.80. The molecule has 3 aliphatic carbocycles. The van der Waals surface area contributed by atoms with Gasteiger partial charge in [0.15, 0.2) is 0 Å². The van der Waals surface area contributed by atoms with Crippen molar-refractivity contribution in [1.29, 1.82) is 0 Å². The highest BCUT2D eigenvalue weighted by molar-refractivity contribution is 5.01. The van der Waals surface area contributed by atoms with Gasteiger partial charge in [-0.1, -0.05) is 13.3 Å². The second-order valence-corrected chi connectivity index (χ2v) is 6.49. The van der Waals surface area contributed by atoms with Crippen LogP contribution in [-0.2, 0) is 0 Å². The minimum Gasteiger partial charge on any atom is -0.313 e. The molecule has 0 heterocycles. The molecule has 0 radical (unpaired) electrons. The largest absolute Gasteiger partial charge is 0.313 e. The maximum absolute atomic E-state index is 3.88. The highest BCUT2D eigenvalue weighted by atomic mass is 14.9. The van der Waals surface area contributed by atoms with Crippen LogP contribution in [0.15, 0.2) is 0 Å². The van der Waals surface area contributed by atoms with Crippen LogP contribution in [0.25, 0.3) is 0 Å². The molecule has 1 heteroatoms. The van der Waals surface area contributed by atoms with Crippen LogP contribution in [0.2, 0.25) is 0 Å². The highest BCUT2D eigenvalue weighted by Gasteiger charge is 2.48. The maximum atomic E-state index is 3.88. The normalized spacial score (nSPS) is 39.0. The van der Waals surface area contributed by atoms with Gasteiger partial charge >= 0.3 is 0 Å². The van der Waals surface area contributed by atoms with Gasteiger partial charge in [0, 0.05) is 12.6 Å². The molecule has 2 atom stereocenters. The quantitative estimate of drug-likeness (QED) is 0.745. The van der Waals surface area contributed by atoms with Crippen LogP contribution in [-0.4, -0.2) is 12.6 Å². The van der Waals surface area contributed by atoms with E-state index in [4.69, 9.17) is 0 Å². The predicted molar refractivity (Wildman–Crippen MR) is 63.8 cm³/mol. The van der Waals surface area contributed by atoms with Gasteiger partial charge in [0.2, 0.25) is 0 Å². The van der Waals surface area contributed by atoms with E-state index in [9.17, 15) is 0 Å². The average Bonchev–Trinajstić information content (AvgIpc) is 2.90. The second-order valence-electron chi connectivity index (χ2n) is 6.49. The Morgan fingerprint density at radius 1 is 1.13 bits per heavy atom. The van der Waals surface area contributed by atoms with Crippen molar-refractivity contribution in [3.8, 4) is 0 Å². The molecular weight excluding hydrogens is 182 g/mol. The Hall–Kier alpha value is -0.0400. The van der Waals surface area contributed by atoms with Gasteiger partial charge in [-0.25, -0.2) is 0 Å². The topological polar surface area (TPSA) is 12.0 Å². The van der Waals surface area contributed by atoms with Gasteiger partial charge in [-0.05, 0) is 62.2 Å². The van der Waals surface area contributed by atoms with Crippen LogP contribution in [0.5, 0.6) is 0 Å². The molecule has 2 unspecified atom stereocenters. The first-order chi connectivity index (χ1) is 7.28. The first-order valence-electron chi connectivity index (χ1n) is 7.02. The molecule has 0 aromatic carbocycles. The Morgan fingerprint density at radius 2 is 1.93 bits per heavy atom. The van der Waals surface area contributed by atoms with E-state index >= 15 is 0 Å². The van der Waals surface area contributed by atoms with Crippen LogP contribution >= 0.6 is 0 Å². The standard InChI is InChI=1S/C14H25N/c1-11-3-6-13(9-11)15-10-14(7-2-8-14)12-4-5-12/h11-13,15H,2-10H2,1H3. The number of nitrogens with one attached hydrogen (secondary N) is 1. The minimum absolute atomic E-state index is 0.770. The van der Waals surface area contributed by atoms with E-state index in [2.05, 4.69) is 12.2 Å². The summed E-state index contributed by atoms with van der Waals surface area (Å²) < 4.78 is 0. The van der Waals surface area contributed by atoms with E-state index in [1.807, 2.05) is 0 Å². The van der Waals surface area contributed by atoms with Crippen molar-refractivity contribution < 1.29 is 0 Å². The molecule has 1 nitrogen and oxygen atoms in total.